The summed E-state index contributed by atoms with van der Waals surface area (Å²) in [6.07, 6.45) is 4.22. The zero-order valence-electron chi connectivity index (χ0n) is 10.3. The molecule has 4 nitrogen and oxygen atoms in total. The Hall–Kier alpha value is -1.58. The van der Waals surface area contributed by atoms with Crippen molar-refractivity contribution in [2.75, 3.05) is 19.4 Å². The average molecular weight is 221 g/mol. The standard InChI is InChI=1S/C12H19N3O/c1-5-9(2)15(4)12(16)10-8-14-7-6-11(10)13-3/h6-9H,5H2,1-4H3,(H,13,14). The lowest BCUT2D eigenvalue weighted by molar-refractivity contribution is 0.0741. The Morgan fingerprint density at radius 2 is 2.31 bits per heavy atom. The molecule has 0 aliphatic rings. The van der Waals surface area contributed by atoms with Crippen LogP contribution in [-0.4, -0.2) is 35.9 Å². The van der Waals surface area contributed by atoms with Crippen molar-refractivity contribution in [1.29, 1.82) is 0 Å². The molecular formula is C12H19N3O. The number of rotatable bonds is 4. The van der Waals surface area contributed by atoms with Crippen LogP contribution in [0, 0.1) is 0 Å². The molecular weight excluding hydrogens is 202 g/mol. The summed E-state index contributed by atoms with van der Waals surface area (Å²) in [5.74, 6) is 0.00630. The highest BCUT2D eigenvalue weighted by Gasteiger charge is 2.18. The molecule has 0 fully saturated rings. The normalized spacial score (nSPS) is 12.0. The van der Waals surface area contributed by atoms with Gasteiger partial charge in [0, 0.05) is 38.2 Å². The van der Waals surface area contributed by atoms with Crippen LogP contribution in [0.3, 0.4) is 0 Å². The molecule has 0 spiro atoms. The van der Waals surface area contributed by atoms with E-state index in [2.05, 4.69) is 17.2 Å². The van der Waals surface area contributed by atoms with Crippen LogP contribution in [0.25, 0.3) is 0 Å². The summed E-state index contributed by atoms with van der Waals surface area (Å²) in [5, 5.41) is 3.00. The molecule has 1 aromatic rings. The quantitative estimate of drug-likeness (QED) is 0.845. The number of nitrogens with one attached hydrogen (secondary N) is 1. The van der Waals surface area contributed by atoms with E-state index in [-0.39, 0.29) is 11.9 Å². The molecule has 1 unspecified atom stereocenters. The molecule has 1 rings (SSSR count). The minimum Gasteiger partial charge on any atom is -0.387 e. The number of hydrogen-bond acceptors (Lipinski definition) is 3. The van der Waals surface area contributed by atoms with Crippen molar-refractivity contribution in [3.63, 3.8) is 0 Å². The van der Waals surface area contributed by atoms with E-state index < -0.39 is 0 Å². The van der Waals surface area contributed by atoms with E-state index in [0.717, 1.165) is 12.1 Å². The number of nitrogens with zero attached hydrogens (tertiary/aromatic N) is 2. The van der Waals surface area contributed by atoms with Crippen LogP contribution in [0.5, 0.6) is 0 Å². The highest BCUT2D eigenvalue weighted by molar-refractivity contribution is 5.99. The highest BCUT2D eigenvalue weighted by atomic mass is 16.2. The van der Waals surface area contributed by atoms with Gasteiger partial charge in [-0.3, -0.25) is 9.78 Å². The Kier molecular flexibility index (Phi) is 4.28. The van der Waals surface area contributed by atoms with Gasteiger partial charge in [-0.1, -0.05) is 6.92 Å². The molecule has 0 saturated carbocycles. The summed E-state index contributed by atoms with van der Waals surface area (Å²) in [6, 6.07) is 2.04. The number of hydrogen-bond donors (Lipinski definition) is 1. The molecule has 1 amide bonds. The third kappa shape index (κ3) is 2.51. The van der Waals surface area contributed by atoms with Gasteiger partial charge >= 0.3 is 0 Å². The molecule has 0 aliphatic heterocycles. The molecule has 1 heterocycles. The second kappa shape index (κ2) is 5.49. The smallest absolute Gasteiger partial charge is 0.257 e. The van der Waals surface area contributed by atoms with Crippen LogP contribution in [0.1, 0.15) is 30.6 Å². The summed E-state index contributed by atoms with van der Waals surface area (Å²) in [6.45, 7) is 4.10. The van der Waals surface area contributed by atoms with Crippen LogP contribution >= 0.6 is 0 Å². The van der Waals surface area contributed by atoms with Gasteiger partial charge in [0.1, 0.15) is 0 Å². The van der Waals surface area contributed by atoms with Crippen molar-refractivity contribution in [2.24, 2.45) is 0 Å². The van der Waals surface area contributed by atoms with Gasteiger partial charge in [0.25, 0.3) is 5.91 Å². The fourth-order valence-corrected chi connectivity index (χ4v) is 1.45. The lowest BCUT2D eigenvalue weighted by Crippen LogP contribution is -2.35. The van der Waals surface area contributed by atoms with Gasteiger partial charge in [0.2, 0.25) is 0 Å². The van der Waals surface area contributed by atoms with E-state index in [1.807, 2.05) is 14.0 Å². The third-order valence-corrected chi connectivity index (χ3v) is 2.89. The second-order valence-corrected chi connectivity index (χ2v) is 3.84. The molecule has 88 valence electrons. The van der Waals surface area contributed by atoms with Crippen LogP contribution < -0.4 is 5.32 Å². The summed E-state index contributed by atoms with van der Waals surface area (Å²) >= 11 is 0. The predicted octanol–water partition coefficient (Wildman–Crippen LogP) is 1.99. The topological polar surface area (TPSA) is 45.2 Å². The van der Waals surface area contributed by atoms with Crippen LogP contribution in [0.2, 0.25) is 0 Å². The number of carbonyl (C=O) groups is 1. The van der Waals surface area contributed by atoms with E-state index in [4.69, 9.17) is 0 Å². The van der Waals surface area contributed by atoms with Gasteiger partial charge in [-0.05, 0) is 19.4 Å². The van der Waals surface area contributed by atoms with E-state index in [1.165, 1.54) is 0 Å². The zero-order valence-corrected chi connectivity index (χ0v) is 10.3. The number of pyridine rings is 1. The molecule has 0 saturated heterocycles. The Morgan fingerprint density at radius 3 is 2.88 bits per heavy atom. The molecule has 16 heavy (non-hydrogen) atoms. The fourth-order valence-electron chi connectivity index (χ4n) is 1.45. The SMILES string of the molecule is CCC(C)N(C)C(=O)c1cnccc1NC. The fraction of sp³-hybridized carbons (Fsp3) is 0.500. The first-order chi connectivity index (χ1) is 7.61. The number of aromatic nitrogens is 1. The lowest BCUT2D eigenvalue weighted by Gasteiger charge is -2.24. The first-order valence-electron chi connectivity index (χ1n) is 5.50. The number of amides is 1. The van der Waals surface area contributed by atoms with Gasteiger partial charge in [0.05, 0.1) is 5.56 Å². The molecule has 1 atom stereocenters. The minimum absolute atomic E-state index is 0.00630. The van der Waals surface area contributed by atoms with E-state index in [9.17, 15) is 4.79 Å². The van der Waals surface area contributed by atoms with Crippen molar-refractivity contribution < 1.29 is 4.79 Å². The van der Waals surface area contributed by atoms with E-state index >= 15 is 0 Å². The number of anilines is 1. The van der Waals surface area contributed by atoms with Gasteiger partial charge in [-0.2, -0.15) is 0 Å². The molecule has 0 radical (unpaired) electrons. The minimum atomic E-state index is 0.00630. The number of carbonyl (C=O) groups excluding carboxylic acids is 1. The highest BCUT2D eigenvalue weighted by Crippen LogP contribution is 2.16. The predicted molar refractivity (Wildman–Crippen MR) is 65.6 cm³/mol. The zero-order chi connectivity index (χ0) is 12.1. The maximum Gasteiger partial charge on any atom is 0.257 e. The molecule has 0 bridgehead atoms. The third-order valence-electron chi connectivity index (χ3n) is 2.89. The molecule has 1 N–H and O–H groups in total. The maximum atomic E-state index is 12.2. The first kappa shape index (κ1) is 12.5. The van der Waals surface area contributed by atoms with Crippen LogP contribution in [-0.2, 0) is 0 Å². The molecule has 0 aliphatic carbocycles. The Balaban J connectivity index is 2.95. The summed E-state index contributed by atoms with van der Waals surface area (Å²) in [7, 11) is 3.62. The summed E-state index contributed by atoms with van der Waals surface area (Å²) in [4.78, 5) is 17.9. The van der Waals surface area contributed by atoms with Crippen LogP contribution in [0.15, 0.2) is 18.5 Å². The van der Waals surface area contributed by atoms with Crippen molar-refractivity contribution in [1.82, 2.24) is 9.88 Å². The monoisotopic (exact) mass is 221 g/mol. The average Bonchev–Trinajstić information content (AvgIpc) is 2.35. The van der Waals surface area contributed by atoms with Gasteiger partial charge in [-0.25, -0.2) is 0 Å². The van der Waals surface area contributed by atoms with Gasteiger partial charge in [0.15, 0.2) is 0 Å². The summed E-state index contributed by atoms with van der Waals surface area (Å²) in [5.41, 5.74) is 1.43. The molecule has 4 heteroatoms. The molecule has 0 aromatic carbocycles. The van der Waals surface area contributed by atoms with Crippen molar-refractivity contribution >= 4 is 11.6 Å². The second-order valence-electron chi connectivity index (χ2n) is 3.84. The van der Waals surface area contributed by atoms with E-state index in [1.54, 1.807) is 30.4 Å². The van der Waals surface area contributed by atoms with Gasteiger partial charge < -0.3 is 10.2 Å². The van der Waals surface area contributed by atoms with Crippen LogP contribution in [0.4, 0.5) is 5.69 Å². The van der Waals surface area contributed by atoms with Crippen molar-refractivity contribution in [3.05, 3.63) is 24.0 Å². The Labute approximate surface area is 96.7 Å². The molecule has 1 aromatic heterocycles. The van der Waals surface area contributed by atoms with Crippen molar-refractivity contribution in [2.45, 2.75) is 26.3 Å². The van der Waals surface area contributed by atoms with Crippen molar-refractivity contribution in [3.8, 4) is 0 Å². The Bertz CT molecular complexity index is 365. The van der Waals surface area contributed by atoms with E-state index in [0.29, 0.717) is 5.56 Å². The Morgan fingerprint density at radius 1 is 1.62 bits per heavy atom. The first-order valence-corrected chi connectivity index (χ1v) is 5.50. The lowest BCUT2D eigenvalue weighted by atomic mass is 10.1. The van der Waals surface area contributed by atoms with Gasteiger partial charge in [-0.15, -0.1) is 0 Å². The summed E-state index contributed by atoms with van der Waals surface area (Å²) < 4.78 is 0. The maximum absolute atomic E-state index is 12.2. The largest absolute Gasteiger partial charge is 0.387 e.